The molecule has 0 spiro atoms. The van der Waals surface area contributed by atoms with E-state index in [2.05, 4.69) is 39.9 Å². The Morgan fingerprint density at radius 3 is 2.40 bits per heavy atom. The van der Waals surface area contributed by atoms with E-state index in [1.54, 1.807) is 6.20 Å². The molecule has 4 heterocycles. The number of benzene rings is 2. The molecule has 208 valence electrons. The van der Waals surface area contributed by atoms with Crippen LogP contribution in [0.5, 0.6) is 0 Å². The molecule has 1 amide bonds. The maximum atomic E-state index is 12.8. The standard InChI is InChI=1S/C33H39N5O2/c1-24-21-38(31-10-9-28(20-34)32-30(31)8-5-15-35-32)23-29(40-24)22-36-16-11-25(12-17-36)26-13-18-37(19-14-26)33(39)27-6-3-2-4-7-27/h2-10,15,24-26,29H,11-14,16-19,21-23H2,1H3/t24-,29+/m1/s1. The number of pyridine rings is 1. The lowest BCUT2D eigenvalue weighted by molar-refractivity contribution is -0.0378. The van der Waals surface area contributed by atoms with Gasteiger partial charge in [0.2, 0.25) is 0 Å². The van der Waals surface area contributed by atoms with Crippen LogP contribution in [0.4, 0.5) is 5.69 Å². The third-order valence-electron chi connectivity index (χ3n) is 9.14. The van der Waals surface area contributed by atoms with Gasteiger partial charge in [0.1, 0.15) is 6.07 Å². The molecule has 3 saturated heterocycles. The van der Waals surface area contributed by atoms with Crippen molar-refractivity contribution in [2.24, 2.45) is 11.8 Å². The summed E-state index contributed by atoms with van der Waals surface area (Å²) in [5.41, 5.74) is 3.33. The molecule has 0 unspecified atom stereocenters. The number of aromatic nitrogens is 1. The second kappa shape index (κ2) is 12.0. The zero-order valence-corrected chi connectivity index (χ0v) is 23.4. The average molecular weight is 538 g/mol. The summed E-state index contributed by atoms with van der Waals surface area (Å²) in [6, 6.07) is 20.0. The van der Waals surface area contributed by atoms with Crippen molar-refractivity contribution in [1.29, 1.82) is 5.26 Å². The molecule has 0 saturated carbocycles. The van der Waals surface area contributed by atoms with E-state index in [4.69, 9.17) is 4.74 Å². The van der Waals surface area contributed by atoms with Gasteiger partial charge in [-0.15, -0.1) is 0 Å². The highest BCUT2D eigenvalue weighted by Gasteiger charge is 2.33. The number of rotatable bonds is 5. The van der Waals surface area contributed by atoms with E-state index < -0.39 is 0 Å². The number of morpholine rings is 1. The van der Waals surface area contributed by atoms with E-state index in [1.807, 2.05) is 47.4 Å². The molecule has 40 heavy (non-hydrogen) atoms. The van der Waals surface area contributed by atoms with Gasteiger partial charge in [0.25, 0.3) is 5.91 Å². The summed E-state index contributed by atoms with van der Waals surface area (Å²) in [6.45, 7) is 8.77. The van der Waals surface area contributed by atoms with Crippen molar-refractivity contribution in [2.75, 3.05) is 50.7 Å². The van der Waals surface area contributed by atoms with Crippen molar-refractivity contribution in [3.63, 3.8) is 0 Å². The van der Waals surface area contributed by atoms with Gasteiger partial charge in [-0.25, -0.2) is 0 Å². The largest absolute Gasteiger partial charge is 0.370 e. The molecule has 0 aliphatic carbocycles. The molecule has 6 rings (SSSR count). The number of amides is 1. The van der Waals surface area contributed by atoms with Gasteiger partial charge in [-0.3, -0.25) is 9.78 Å². The third-order valence-corrected chi connectivity index (χ3v) is 9.14. The van der Waals surface area contributed by atoms with Gasteiger partial charge >= 0.3 is 0 Å². The van der Waals surface area contributed by atoms with Crippen molar-refractivity contribution in [3.8, 4) is 6.07 Å². The van der Waals surface area contributed by atoms with Crippen LogP contribution >= 0.6 is 0 Å². The molecular weight excluding hydrogens is 498 g/mol. The van der Waals surface area contributed by atoms with Crippen LogP contribution in [0.1, 0.15) is 48.5 Å². The van der Waals surface area contributed by atoms with Crippen LogP contribution in [-0.2, 0) is 4.74 Å². The Hall–Kier alpha value is -3.47. The van der Waals surface area contributed by atoms with Gasteiger partial charge in [0.05, 0.1) is 23.3 Å². The van der Waals surface area contributed by atoms with Gasteiger partial charge in [-0.05, 0) is 93.9 Å². The minimum atomic E-state index is 0.141. The quantitative estimate of drug-likeness (QED) is 0.458. The Morgan fingerprint density at radius 1 is 0.950 bits per heavy atom. The van der Waals surface area contributed by atoms with E-state index in [1.165, 1.54) is 12.8 Å². The summed E-state index contributed by atoms with van der Waals surface area (Å²) in [4.78, 5) is 24.4. The van der Waals surface area contributed by atoms with Crippen molar-refractivity contribution in [1.82, 2.24) is 14.8 Å². The van der Waals surface area contributed by atoms with Crippen molar-refractivity contribution in [2.45, 2.75) is 44.8 Å². The minimum Gasteiger partial charge on any atom is -0.370 e. The molecule has 0 bridgehead atoms. The Balaban J connectivity index is 1.01. The lowest BCUT2D eigenvalue weighted by Gasteiger charge is -2.43. The Labute approximate surface area is 237 Å². The van der Waals surface area contributed by atoms with Gasteiger partial charge in [0, 0.05) is 55.6 Å². The summed E-state index contributed by atoms with van der Waals surface area (Å²) < 4.78 is 6.42. The number of carbonyl (C=O) groups is 1. The van der Waals surface area contributed by atoms with E-state index >= 15 is 0 Å². The van der Waals surface area contributed by atoms with Gasteiger partial charge in [-0.1, -0.05) is 18.2 Å². The summed E-state index contributed by atoms with van der Waals surface area (Å²) in [7, 11) is 0. The fraction of sp³-hybridized carbons (Fsp3) is 0.485. The van der Waals surface area contributed by atoms with Crippen LogP contribution in [0.3, 0.4) is 0 Å². The lowest BCUT2D eigenvalue weighted by Crippen LogP contribution is -2.52. The molecule has 1 aromatic heterocycles. The van der Waals surface area contributed by atoms with Gasteiger partial charge in [-0.2, -0.15) is 5.26 Å². The first-order valence-electron chi connectivity index (χ1n) is 14.8. The average Bonchev–Trinajstić information content (AvgIpc) is 3.01. The van der Waals surface area contributed by atoms with Gasteiger partial charge < -0.3 is 19.4 Å². The molecule has 3 aromatic rings. The Bertz CT molecular complexity index is 1360. The maximum absolute atomic E-state index is 12.8. The molecule has 3 aliphatic heterocycles. The lowest BCUT2D eigenvalue weighted by atomic mass is 9.78. The summed E-state index contributed by atoms with van der Waals surface area (Å²) in [5, 5.41) is 10.6. The zero-order chi connectivity index (χ0) is 27.5. The molecule has 7 nitrogen and oxygen atoms in total. The highest BCUT2D eigenvalue weighted by Crippen LogP contribution is 2.34. The number of hydrogen-bond acceptors (Lipinski definition) is 6. The van der Waals surface area contributed by atoms with Crippen LogP contribution in [-0.4, -0.2) is 78.7 Å². The van der Waals surface area contributed by atoms with Crippen LogP contribution < -0.4 is 4.90 Å². The normalized spacial score (nSPS) is 23.3. The second-order valence-electron chi connectivity index (χ2n) is 11.8. The molecule has 0 radical (unpaired) electrons. The number of anilines is 1. The number of piperidine rings is 2. The minimum absolute atomic E-state index is 0.141. The molecular formula is C33H39N5O2. The van der Waals surface area contributed by atoms with Crippen LogP contribution in [0.25, 0.3) is 10.9 Å². The van der Waals surface area contributed by atoms with Crippen LogP contribution in [0.15, 0.2) is 60.8 Å². The van der Waals surface area contributed by atoms with E-state index in [9.17, 15) is 10.1 Å². The third kappa shape index (κ3) is 5.70. The number of hydrogen-bond donors (Lipinski definition) is 0. The first-order chi connectivity index (χ1) is 19.6. The topological polar surface area (TPSA) is 72.7 Å². The van der Waals surface area contributed by atoms with Crippen LogP contribution in [0.2, 0.25) is 0 Å². The SMILES string of the molecule is C[C@@H]1CN(c2ccc(C#N)c3ncccc23)C[C@H](CN2CCC(C3CCN(C(=O)c4ccccc4)CC3)CC2)O1. The first-order valence-corrected chi connectivity index (χ1v) is 14.8. The molecule has 2 aromatic carbocycles. The highest BCUT2D eigenvalue weighted by atomic mass is 16.5. The number of nitriles is 1. The zero-order valence-electron chi connectivity index (χ0n) is 23.4. The fourth-order valence-electron chi connectivity index (χ4n) is 7.10. The Morgan fingerprint density at radius 2 is 1.68 bits per heavy atom. The summed E-state index contributed by atoms with van der Waals surface area (Å²) in [6.07, 6.45) is 6.75. The smallest absolute Gasteiger partial charge is 0.253 e. The fourth-order valence-corrected chi connectivity index (χ4v) is 7.10. The van der Waals surface area contributed by atoms with Gasteiger partial charge in [0.15, 0.2) is 0 Å². The maximum Gasteiger partial charge on any atom is 0.253 e. The second-order valence-corrected chi connectivity index (χ2v) is 11.8. The predicted molar refractivity (Wildman–Crippen MR) is 157 cm³/mol. The highest BCUT2D eigenvalue weighted by molar-refractivity contribution is 5.95. The predicted octanol–water partition coefficient (Wildman–Crippen LogP) is 4.96. The monoisotopic (exact) mass is 537 g/mol. The van der Waals surface area contributed by atoms with E-state index in [0.717, 1.165) is 92.6 Å². The Kier molecular flexibility index (Phi) is 7.99. The molecule has 7 heteroatoms. The molecule has 3 aliphatic rings. The number of nitrogens with zero attached hydrogens (tertiary/aromatic N) is 5. The number of fused-ring (bicyclic) bond motifs is 1. The van der Waals surface area contributed by atoms with Crippen LogP contribution in [0, 0.1) is 23.2 Å². The molecule has 0 N–H and O–H groups in total. The summed E-state index contributed by atoms with van der Waals surface area (Å²) in [5.74, 6) is 1.65. The van der Waals surface area contributed by atoms with Crippen molar-refractivity contribution >= 4 is 22.5 Å². The van der Waals surface area contributed by atoms with E-state index in [0.29, 0.717) is 5.56 Å². The molecule has 3 fully saturated rings. The number of carbonyl (C=O) groups excluding carboxylic acids is 1. The summed E-state index contributed by atoms with van der Waals surface area (Å²) >= 11 is 0. The van der Waals surface area contributed by atoms with Crippen molar-refractivity contribution < 1.29 is 9.53 Å². The number of ether oxygens (including phenoxy) is 1. The van der Waals surface area contributed by atoms with E-state index in [-0.39, 0.29) is 18.1 Å². The first kappa shape index (κ1) is 26.7. The number of likely N-dealkylation sites (tertiary alicyclic amines) is 2. The van der Waals surface area contributed by atoms with Crippen molar-refractivity contribution in [3.05, 3.63) is 71.9 Å². The molecule has 2 atom stereocenters.